The Balaban J connectivity index is 1.33. The summed E-state index contributed by atoms with van der Waals surface area (Å²) in [4.78, 5) is 12.2. The predicted octanol–water partition coefficient (Wildman–Crippen LogP) is 0.677. The first-order valence-electron chi connectivity index (χ1n) is 9.21. The van der Waals surface area contributed by atoms with Crippen molar-refractivity contribution < 1.29 is 19.7 Å². The smallest absolute Gasteiger partial charge is 0.167 e. The number of rotatable bonds is 7. The summed E-state index contributed by atoms with van der Waals surface area (Å²) in [6.45, 7) is 0.729. The highest BCUT2D eigenvalue weighted by atomic mass is 16.6. The predicted molar refractivity (Wildman–Crippen MR) is 101 cm³/mol. The minimum Gasteiger partial charge on any atom is -0.387 e. The molecule has 2 aromatic heterocycles. The van der Waals surface area contributed by atoms with Gasteiger partial charge >= 0.3 is 0 Å². The standard InChI is InChI=1S/C19H23N5O4/c20-17-14-18(22-10-21-17)24(11-23-14)19-16(26)15(25)13(28-19)9-27-8-4-7-12-5-2-1-3-6-12/h1-3,5-6,10-11,13,15-16,19,25-26H,4,7-9H2,(H2,20,21,22)/t13-,15-,16-,19-/m1/s1. The lowest BCUT2D eigenvalue weighted by Gasteiger charge is -2.16. The Morgan fingerprint density at radius 1 is 1.11 bits per heavy atom. The number of hydrogen-bond acceptors (Lipinski definition) is 8. The van der Waals surface area contributed by atoms with Crippen LogP contribution in [0, 0.1) is 0 Å². The van der Waals surface area contributed by atoms with Gasteiger partial charge in [-0.1, -0.05) is 30.3 Å². The van der Waals surface area contributed by atoms with Crippen molar-refractivity contribution in [1.82, 2.24) is 19.5 Å². The highest BCUT2D eigenvalue weighted by Gasteiger charge is 2.44. The molecule has 0 saturated carbocycles. The zero-order valence-corrected chi connectivity index (χ0v) is 15.3. The van der Waals surface area contributed by atoms with Crippen molar-refractivity contribution in [1.29, 1.82) is 0 Å². The first-order valence-corrected chi connectivity index (χ1v) is 9.21. The molecule has 0 aliphatic carbocycles. The molecule has 1 aliphatic rings. The van der Waals surface area contributed by atoms with Crippen LogP contribution in [0.1, 0.15) is 18.2 Å². The first-order chi connectivity index (χ1) is 13.6. The fourth-order valence-corrected chi connectivity index (χ4v) is 3.38. The molecule has 1 aromatic carbocycles. The third kappa shape index (κ3) is 3.69. The number of aromatic nitrogens is 4. The molecule has 0 unspecified atom stereocenters. The van der Waals surface area contributed by atoms with Gasteiger partial charge < -0.3 is 25.4 Å². The maximum absolute atomic E-state index is 10.4. The topological polar surface area (TPSA) is 129 Å². The van der Waals surface area contributed by atoms with E-state index in [1.165, 1.54) is 18.2 Å². The summed E-state index contributed by atoms with van der Waals surface area (Å²) in [7, 11) is 0. The summed E-state index contributed by atoms with van der Waals surface area (Å²) in [6.07, 6.45) is 0.895. The molecule has 28 heavy (non-hydrogen) atoms. The molecule has 3 heterocycles. The van der Waals surface area contributed by atoms with Gasteiger partial charge in [0.15, 0.2) is 17.7 Å². The molecule has 4 rings (SSSR count). The molecule has 3 aromatic rings. The second kappa shape index (κ2) is 8.19. The molecule has 4 atom stereocenters. The van der Waals surface area contributed by atoms with Crippen molar-refractivity contribution in [2.45, 2.75) is 37.4 Å². The fraction of sp³-hybridized carbons (Fsp3) is 0.421. The largest absolute Gasteiger partial charge is 0.387 e. The first kappa shape index (κ1) is 18.8. The zero-order valence-electron chi connectivity index (χ0n) is 15.3. The number of hydrogen-bond donors (Lipinski definition) is 3. The van der Waals surface area contributed by atoms with E-state index in [1.54, 1.807) is 4.57 Å². The molecule has 9 nitrogen and oxygen atoms in total. The minimum atomic E-state index is -1.13. The molecule has 0 bridgehead atoms. The molecule has 1 fully saturated rings. The lowest BCUT2D eigenvalue weighted by Crippen LogP contribution is -2.34. The molecule has 9 heteroatoms. The maximum atomic E-state index is 10.4. The van der Waals surface area contributed by atoms with Crippen LogP contribution >= 0.6 is 0 Å². The van der Waals surface area contributed by atoms with Crippen LogP contribution in [0.4, 0.5) is 5.82 Å². The van der Waals surface area contributed by atoms with E-state index >= 15 is 0 Å². The van der Waals surface area contributed by atoms with Crippen molar-refractivity contribution in [3.8, 4) is 0 Å². The van der Waals surface area contributed by atoms with Crippen molar-refractivity contribution in [3.05, 3.63) is 48.5 Å². The highest BCUT2D eigenvalue weighted by Crippen LogP contribution is 2.32. The maximum Gasteiger partial charge on any atom is 0.167 e. The fourth-order valence-electron chi connectivity index (χ4n) is 3.38. The summed E-state index contributed by atoms with van der Waals surface area (Å²) in [5.41, 5.74) is 7.91. The Hall–Kier alpha value is -2.59. The monoisotopic (exact) mass is 385 g/mol. The van der Waals surface area contributed by atoms with Crippen molar-refractivity contribution in [3.63, 3.8) is 0 Å². The van der Waals surface area contributed by atoms with Crippen LogP contribution in [-0.4, -0.2) is 61.3 Å². The zero-order chi connectivity index (χ0) is 19.5. The van der Waals surface area contributed by atoms with Gasteiger partial charge in [-0.3, -0.25) is 4.57 Å². The average molecular weight is 385 g/mol. The molecular weight excluding hydrogens is 362 g/mol. The van der Waals surface area contributed by atoms with E-state index < -0.39 is 24.5 Å². The molecule has 0 radical (unpaired) electrons. The van der Waals surface area contributed by atoms with E-state index in [-0.39, 0.29) is 12.4 Å². The van der Waals surface area contributed by atoms with E-state index in [0.717, 1.165) is 12.8 Å². The van der Waals surface area contributed by atoms with Gasteiger partial charge in [-0.25, -0.2) is 15.0 Å². The van der Waals surface area contributed by atoms with E-state index in [2.05, 4.69) is 27.1 Å². The third-order valence-electron chi connectivity index (χ3n) is 4.88. The van der Waals surface area contributed by atoms with Crippen LogP contribution in [0.5, 0.6) is 0 Å². The SMILES string of the molecule is Nc1ncnc2c1ncn2[C@@H]1O[C@H](COCCCc2ccccc2)[C@@H](O)[C@H]1O. The Bertz CT molecular complexity index is 919. The van der Waals surface area contributed by atoms with Crippen molar-refractivity contribution >= 4 is 17.0 Å². The third-order valence-corrected chi connectivity index (χ3v) is 4.88. The van der Waals surface area contributed by atoms with Crippen LogP contribution in [0.2, 0.25) is 0 Å². The molecule has 1 aliphatic heterocycles. The number of aryl methyl sites for hydroxylation is 1. The summed E-state index contributed by atoms with van der Waals surface area (Å²) in [6, 6.07) is 10.2. The van der Waals surface area contributed by atoms with Crippen LogP contribution in [0.15, 0.2) is 43.0 Å². The minimum absolute atomic E-state index is 0.188. The second-order valence-electron chi connectivity index (χ2n) is 6.79. The average Bonchev–Trinajstić information content (AvgIpc) is 3.26. The molecule has 1 saturated heterocycles. The Morgan fingerprint density at radius 3 is 2.75 bits per heavy atom. The number of anilines is 1. The molecule has 4 N–H and O–H groups in total. The van der Waals surface area contributed by atoms with E-state index in [4.69, 9.17) is 15.2 Å². The Morgan fingerprint density at radius 2 is 1.93 bits per heavy atom. The van der Waals surface area contributed by atoms with Crippen LogP contribution < -0.4 is 5.73 Å². The Kier molecular flexibility index (Phi) is 5.49. The van der Waals surface area contributed by atoms with Gasteiger partial charge in [0.1, 0.15) is 30.2 Å². The van der Waals surface area contributed by atoms with Gasteiger partial charge in [-0.15, -0.1) is 0 Å². The molecule has 148 valence electrons. The summed E-state index contributed by atoms with van der Waals surface area (Å²) in [5, 5.41) is 20.8. The lowest BCUT2D eigenvalue weighted by molar-refractivity contribution is -0.0655. The summed E-state index contributed by atoms with van der Waals surface area (Å²) < 4.78 is 13.1. The number of benzene rings is 1. The van der Waals surface area contributed by atoms with Crippen molar-refractivity contribution in [2.75, 3.05) is 18.9 Å². The van der Waals surface area contributed by atoms with Gasteiger partial charge in [0.05, 0.1) is 12.9 Å². The Labute approximate surface area is 161 Å². The van der Waals surface area contributed by atoms with Gasteiger partial charge in [-0.05, 0) is 18.4 Å². The van der Waals surface area contributed by atoms with Gasteiger partial charge in [-0.2, -0.15) is 0 Å². The number of imidazole rings is 1. The van der Waals surface area contributed by atoms with Gasteiger partial charge in [0.25, 0.3) is 0 Å². The van der Waals surface area contributed by atoms with Crippen LogP contribution in [0.3, 0.4) is 0 Å². The number of aliphatic hydroxyl groups excluding tert-OH is 2. The lowest BCUT2D eigenvalue weighted by atomic mass is 10.1. The number of fused-ring (bicyclic) bond motifs is 1. The normalized spacial score (nSPS) is 24.8. The number of nitrogen functional groups attached to an aromatic ring is 1. The number of nitrogens with two attached hydrogens (primary N) is 1. The van der Waals surface area contributed by atoms with Gasteiger partial charge in [0, 0.05) is 6.61 Å². The molecular formula is C19H23N5O4. The summed E-state index contributed by atoms with van der Waals surface area (Å²) >= 11 is 0. The molecule has 0 amide bonds. The van der Waals surface area contributed by atoms with E-state index in [0.29, 0.717) is 17.8 Å². The second-order valence-corrected chi connectivity index (χ2v) is 6.79. The highest BCUT2D eigenvalue weighted by molar-refractivity contribution is 5.81. The van der Waals surface area contributed by atoms with E-state index in [9.17, 15) is 10.2 Å². The number of ether oxygens (including phenoxy) is 2. The van der Waals surface area contributed by atoms with E-state index in [1.807, 2.05) is 18.2 Å². The summed E-state index contributed by atoms with van der Waals surface area (Å²) in [5.74, 6) is 0.245. The van der Waals surface area contributed by atoms with Crippen LogP contribution in [-0.2, 0) is 15.9 Å². The van der Waals surface area contributed by atoms with Crippen LogP contribution in [0.25, 0.3) is 11.2 Å². The van der Waals surface area contributed by atoms with Crippen molar-refractivity contribution in [2.24, 2.45) is 0 Å². The quantitative estimate of drug-likeness (QED) is 0.507. The number of nitrogens with zero attached hydrogens (tertiary/aromatic N) is 4. The van der Waals surface area contributed by atoms with Gasteiger partial charge in [0.2, 0.25) is 0 Å². The molecule has 0 spiro atoms. The number of aliphatic hydroxyl groups is 2.